The summed E-state index contributed by atoms with van der Waals surface area (Å²) in [4.78, 5) is 32.2. The predicted octanol–water partition coefficient (Wildman–Crippen LogP) is 3.34. The summed E-state index contributed by atoms with van der Waals surface area (Å²) in [5.74, 6) is 1.54. The highest BCUT2D eigenvalue weighted by Crippen LogP contribution is 2.24. The molecule has 11 heteroatoms. The molecule has 1 amide bonds. The molecule has 0 aliphatic rings. The second-order valence-electron chi connectivity index (χ2n) is 7.20. The van der Waals surface area contributed by atoms with Gasteiger partial charge in [-0.3, -0.25) is 14.9 Å². The Bertz CT molecular complexity index is 1080. The lowest BCUT2D eigenvalue weighted by atomic mass is 10.1. The number of rotatable bonds is 10. The molecule has 3 rings (SSSR count). The average Bonchev–Trinajstić information content (AvgIpc) is 3.15. The Morgan fingerprint density at radius 3 is 2.77 bits per heavy atom. The maximum Gasteiger partial charge on any atom is 0.282 e. The van der Waals surface area contributed by atoms with Crippen LogP contribution in [0.5, 0.6) is 0 Å². The predicted molar refractivity (Wildman–Crippen MR) is 120 cm³/mol. The number of fused-ring (bicyclic) bond motifs is 1. The molecule has 0 aliphatic carbocycles. The van der Waals surface area contributed by atoms with Crippen LogP contribution in [-0.4, -0.2) is 49.4 Å². The van der Waals surface area contributed by atoms with Gasteiger partial charge in [-0.2, -0.15) is 5.10 Å². The summed E-state index contributed by atoms with van der Waals surface area (Å²) >= 11 is 1.54. The Balaban J connectivity index is 1.76. The first-order valence-electron chi connectivity index (χ1n) is 10.0. The van der Waals surface area contributed by atoms with Crippen molar-refractivity contribution in [2.75, 3.05) is 24.2 Å². The minimum atomic E-state index is -0.564. The normalized spacial score (nSPS) is 11.1. The van der Waals surface area contributed by atoms with E-state index < -0.39 is 10.8 Å². The van der Waals surface area contributed by atoms with E-state index in [0.29, 0.717) is 23.3 Å². The third-order valence-corrected chi connectivity index (χ3v) is 5.11. The molecule has 31 heavy (non-hydrogen) atoms. The highest BCUT2D eigenvalue weighted by atomic mass is 32.2. The van der Waals surface area contributed by atoms with Crippen LogP contribution < -0.4 is 10.6 Å². The number of hydrogen-bond acceptors (Lipinski definition) is 8. The maximum absolute atomic E-state index is 12.4. The first-order valence-corrected chi connectivity index (χ1v) is 11.0. The van der Waals surface area contributed by atoms with Gasteiger partial charge < -0.3 is 10.6 Å². The number of nitrogens with one attached hydrogen (secondary N) is 2. The lowest BCUT2D eigenvalue weighted by Crippen LogP contribution is -2.28. The van der Waals surface area contributed by atoms with Gasteiger partial charge in [0, 0.05) is 19.2 Å². The van der Waals surface area contributed by atoms with Gasteiger partial charge in [0.05, 0.1) is 23.1 Å². The third kappa shape index (κ3) is 5.48. The average molecular weight is 444 g/mol. The molecule has 0 fully saturated rings. The number of thioether (sulfide) groups is 1. The Hall–Kier alpha value is -3.21. The van der Waals surface area contributed by atoms with Crippen LogP contribution in [-0.2, 0) is 6.54 Å². The molecule has 0 spiro atoms. The second kappa shape index (κ2) is 10.2. The number of carbonyl (C=O) groups excluding carboxylic acids is 1. The van der Waals surface area contributed by atoms with Gasteiger partial charge in [0.2, 0.25) is 0 Å². The quantitative estimate of drug-likeness (QED) is 0.211. The fourth-order valence-corrected chi connectivity index (χ4v) is 3.49. The molecule has 0 radical (unpaired) electrons. The highest BCUT2D eigenvalue weighted by molar-refractivity contribution is 7.99. The second-order valence-corrected chi connectivity index (χ2v) is 8.43. The van der Waals surface area contributed by atoms with E-state index in [0.717, 1.165) is 23.5 Å². The number of anilines is 1. The van der Waals surface area contributed by atoms with Gasteiger partial charge in [-0.05, 0) is 17.7 Å². The van der Waals surface area contributed by atoms with Crippen molar-refractivity contribution in [2.45, 2.75) is 32.5 Å². The molecule has 10 nitrogen and oxygen atoms in total. The number of aromatic nitrogens is 4. The number of nitrogens with zero attached hydrogens (tertiary/aromatic N) is 5. The summed E-state index contributed by atoms with van der Waals surface area (Å²) in [7, 11) is 0. The van der Waals surface area contributed by atoms with Crippen molar-refractivity contribution >= 4 is 40.2 Å². The molecule has 3 aromatic rings. The van der Waals surface area contributed by atoms with Crippen LogP contribution in [0.4, 0.5) is 11.5 Å². The van der Waals surface area contributed by atoms with Crippen LogP contribution >= 0.6 is 11.8 Å². The number of benzene rings is 1. The number of nitro benzene ring substituents is 1. The van der Waals surface area contributed by atoms with Crippen LogP contribution in [0.1, 0.15) is 31.1 Å². The molecule has 0 bridgehead atoms. The van der Waals surface area contributed by atoms with Crippen molar-refractivity contribution in [3.8, 4) is 0 Å². The lowest BCUT2D eigenvalue weighted by Gasteiger charge is -2.11. The van der Waals surface area contributed by atoms with Crippen molar-refractivity contribution in [3.05, 3.63) is 46.1 Å². The van der Waals surface area contributed by atoms with Crippen molar-refractivity contribution in [1.29, 1.82) is 0 Å². The van der Waals surface area contributed by atoms with Gasteiger partial charge in [-0.25, -0.2) is 14.6 Å². The fourth-order valence-electron chi connectivity index (χ4n) is 2.92. The first kappa shape index (κ1) is 22.5. The Kier molecular flexibility index (Phi) is 7.40. The lowest BCUT2D eigenvalue weighted by molar-refractivity contribution is -0.385. The number of nitro groups is 1. The highest BCUT2D eigenvalue weighted by Gasteiger charge is 2.19. The topological polar surface area (TPSA) is 128 Å². The first-order chi connectivity index (χ1) is 14.9. The number of amides is 1. The Morgan fingerprint density at radius 1 is 1.29 bits per heavy atom. The minimum absolute atomic E-state index is 0.0296. The maximum atomic E-state index is 12.4. The van der Waals surface area contributed by atoms with Gasteiger partial charge in [-0.1, -0.05) is 44.7 Å². The molecule has 0 atom stereocenters. The zero-order chi connectivity index (χ0) is 22.4. The summed E-state index contributed by atoms with van der Waals surface area (Å²) in [6, 6.07) is 5.87. The fraction of sp³-hybridized carbons (Fsp3) is 0.400. The largest absolute Gasteiger partial charge is 0.369 e. The molecule has 164 valence electrons. The van der Waals surface area contributed by atoms with Gasteiger partial charge >= 0.3 is 0 Å². The van der Waals surface area contributed by atoms with Gasteiger partial charge in [0.1, 0.15) is 11.4 Å². The van der Waals surface area contributed by atoms with Crippen molar-refractivity contribution in [2.24, 2.45) is 5.92 Å². The van der Waals surface area contributed by atoms with Crippen molar-refractivity contribution < 1.29 is 9.72 Å². The molecule has 0 saturated heterocycles. The summed E-state index contributed by atoms with van der Waals surface area (Å²) in [6.07, 6.45) is 1.71. The van der Waals surface area contributed by atoms with E-state index in [9.17, 15) is 14.9 Å². The standard InChI is InChI=1S/C20H25N7O3S/c1-4-31-20-24-17(22-11-13(2)3)15-12-23-26(18(15)25-20)10-9-21-19(28)14-7-5-6-8-16(14)27(29)30/h5-8,12-13H,4,9-11H2,1-3H3,(H,21,28)(H,22,24,25). The third-order valence-electron chi connectivity index (χ3n) is 4.38. The molecular formula is C20H25N7O3S. The van der Waals surface area contributed by atoms with E-state index in [1.807, 2.05) is 6.92 Å². The summed E-state index contributed by atoms with van der Waals surface area (Å²) < 4.78 is 1.71. The zero-order valence-electron chi connectivity index (χ0n) is 17.7. The molecule has 2 aromatic heterocycles. The number of carbonyl (C=O) groups is 1. The monoisotopic (exact) mass is 443 g/mol. The van der Waals surface area contributed by atoms with Crippen LogP contribution in [0, 0.1) is 16.0 Å². The molecule has 1 aromatic carbocycles. The van der Waals surface area contributed by atoms with Crippen LogP contribution in [0.2, 0.25) is 0 Å². The minimum Gasteiger partial charge on any atom is -0.369 e. The van der Waals surface area contributed by atoms with E-state index in [4.69, 9.17) is 0 Å². The van der Waals surface area contributed by atoms with Gasteiger partial charge in [0.25, 0.3) is 11.6 Å². The van der Waals surface area contributed by atoms with Crippen LogP contribution in [0.3, 0.4) is 0 Å². The van der Waals surface area contributed by atoms with E-state index in [-0.39, 0.29) is 17.8 Å². The van der Waals surface area contributed by atoms with Crippen molar-refractivity contribution in [1.82, 2.24) is 25.1 Å². The zero-order valence-corrected chi connectivity index (χ0v) is 18.5. The van der Waals surface area contributed by atoms with E-state index in [2.05, 4.69) is 39.5 Å². The summed E-state index contributed by atoms with van der Waals surface area (Å²) in [6.45, 7) is 7.67. The van der Waals surface area contributed by atoms with E-state index >= 15 is 0 Å². The number of hydrogen-bond donors (Lipinski definition) is 2. The van der Waals surface area contributed by atoms with Gasteiger partial charge in [0.15, 0.2) is 10.8 Å². The number of para-hydroxylation sites is 1. The molecule has 2 heterocycles. The molecule has 0 saturated carbocycles. The summed E-state index contributed by atoms with van der Waals surface area (Å²) in [5, 5.41) is 23.1. The Morgan fingerprint density at radius 2 is 2.06 bits per heavy atom. The van der Waals surface area contributed by atoms with Gasteiger partial charge in [-0.15, -0.1) is 0 Å². The molecule has 2 N–H and O–H groups in total. The van der Waals surface area contributed by atoms with Crippen LogP contribution in [0.25, 0.3) is 11.0 Å². The van der Waals surface area contributed by atoms with E-state index in [1.165, 1.54) is 18.2 Å². The smallest absolute Gasteiger partial charge is 0.282 e. The van der Waals surface area contributed by atoms with Crippen molar-refractivity contribution in [3.63, 3.8) is 0 Å². The molecule has 0 unspecified atom stereocenters. The van der Waals surface area contributed by atoms with Crippen LogP contribution in [0.15, 0.2) is 35.6 Å². The van der Waals surface area contributed by atoms with E-state index in [1.54, 1.807) is 28.7 Å². The SMILES string of the molecule is CCSc1nc(NCC(C)C)c2cnn(CCNC(=O)c3ccccc3[N+](=O)[O-])c2n1. The summed E-state index contributed by atoms with van der Waals surface area (Å²) in [5.41, 5.74) is 0.485. The molecule has 0 aliphatic heterocycles. The molecular weight excluding hydrogens is 418 g/mol. The Labute approximate surface area is 184 Å².